The summed E-state index contributed by atoms with van der Waals surface area (Å²) in [5, 5.41) is 11.2. The van der Waals surface area contributed by atoms with E-state index >= 15 is 0 Å². The molecule has 1 aromatic rings. The summed E-state index contributed by atoms with van der Waals surface area (Å²) in [6, 6.07) is 4.63. The maximum atomic E-state index is 12.6. The molecule has 1 saturated carbocycles. The van der Waals surface area contributed by atoms with Gasteiger partial charge < -0.3 is 4.90 Å². The van der Waals surface area contributed by atoms with Crippen LogP contribution in [0.3, 0.4) is 0 Å². The number of carbonyl (C=O) groups excluding carboxylic acids is 1. The van der Waals surface area contributed by atoms with Crippen molar-refractivity contribution in [3.05, 3.63) is 38.9 Å². The molecule has 1 fully saturated rings. The van der Waals surface area contributed by atoms with Crippen LogP contribution in [-0.4, -0.2) is 28.8 Å². The third-order valence-electron chi connectivity index (χ3n) is 4.09. The molecule has 1 aliphatic carbocycles. The summed E-state index contributed by atoms with van der Waals surface area (Å²) in [5.74, 6) is -0.323. The van der Waals surface area contributed by atoms with Crippen LogP contribution in [0.4, 0.5) is 5.69 Å². The van der Waals surface area contributed by atoms with Crippen LogP contribution in [0, 0.1) is 10.1 Å². The van der Waals surface area contributed by atoms with Crippen LogP contribution in [0.1, 0.15) is 48.9 Å². The molecule has 0 atom stereocenters. The second-order valence-corrected chi connectivity index (χ2v) is 5.86. The maximum Gasteiger partial charge on any atom is 0.300 e. The lowest BCUT2D eigenvalue weighted by Gasteiger charge is -2.27. The van der Waals surface area contributed by atoms with E-state index in [1.54, 1.807) is 18.0 Å². The highest BCUT2D eigenvalue weighted by molar-refractivity contribution is 6.33. The van der Waals surface area contributed by atoms with E-state index in [-0.39, 0.29) is 28.2 Å². The van der Waals surface area contributed by atoms with Crippen molar-refractivity contribution in [3.63, 3.8) is 0 Å². The minimum absolute atomic E-state index is 0.000108. The van der Waals surface area contributed by atoms with E-state index in [0.717, 1.165) is 25.7 Å². The predicted molar refractivity (Wildman–Crippen MR) is 81.7 cm³/mol. The Morgan fingerprint density at radius 3 is 2.48 bits per heavy atom. The Bertz CT molecular complexity index is 540. The van der Waals surface area contributed by atoms with E-state index in [0.29, 0.717) is 0 Å². The van der Waals surface area contributed by atoms with Gasteiger partial charge in [0, 0.05) is 13.1 Å². The number of benzene rings is 1. The molecule has 21 heavy (non-hydrogen) atoms. The highest BCUT2D eigenvalue weighted by atomic mass is 35.5. The van der Waals surface area contributed by atoms with E-state index in [4.69, 9.17) is 11.6 Å². The quantitative estimate of drug-likeness (QED) is 0.481. The molecule has 0 aromatic heterocycles. The van der Waals surface area contributed by atoms with Crippen LogP contribution in [-0.2, 0) is 0 Å². The molecule has 1 aliphatic rings. The van der Waals surface area contributed by atoms with Gasteiger partial charge in [0.05, 0.1) is 4.92 Å². The molecular formula is C15H19ClN2O3. The molecule has 1 amide bonds. The van der Waals surface area contributed by atoms with Crippen molar-refractivity contribution in [1.82, 2.24) is 4.90 Å². The van der Waals surface area contributed by atoms with Crippen molar-refractivity contribution in [2.75, 3.05) is 7.05 Å². The molecule has 0 N–H and O–H groups in total. The molecule has 0 unspecified atom stereocenters. The molecular weight excluding hydrogens is 292 g/mol. The number of halogens is 1. The zero-order valence-corrected chi connectivity index (χ0v) is 12.8. The minimum atomic E-state index is -0.587. The molecule has 5 nitrogen and oxygen atoms in total. The smallest absolute Gasteiger partial charge is 0.300 e. The van der Waals surface area contributed by atoms with Crippen LogP contribution < -0.4 is 0 Å². The van der Waals surface area contributed by atoms with Gasteiger partial charge in [0.15, 0.2) is 0 Å². The average Bonchev–Trinajstić information content (AvgIpc) is 2.74. The SMILES string of the molecule is CN(C(=O)c1cccc(Cl)c1[N+](=O)[O-])C1CCCCCC1. The number of amides is 1. The van der Waals surface area contributed by atoms with Gasteiger partial charge in [-0.05, 0) is 25.0 Å². The van der Waals surface area contributed by atoms with Crippen molar-refractivity contribution >= 4 is 23.2 Å². The number of hydrogen-bond acceptors (Lipinski definition) is 3. The summed E-state index contributed by atoms with van der Waals surface area (Å²) >= 11 is 5.87. The second kappa shape index (κ2) is 6.89. The van der Waals surface area contributed by atoms with E-state index in [1.807, 2.05) is 0 Å². The maximum absolute atomic E-state index is 12.6. The first-order chi connectivity index (χ1) is 10.0. The monoisotopic (exact) mass is 310 g/mol. The number of rotatable bonds is 3. The molecule has 1 aromatic carbocycles. The molecule has 0 bridgehead atoms. The lowest BCUT2D eigenvalue weighted by molar-refractivity contribution is -0.385. The predicted octanol–water partition coefficient (Wildman–Crippen LogP) is 4.04. The Morgan fingerprint density at radius 2 is 1.90 bits per heavy atom. The fourth-order valence-electron chi connectivity index (χ4n) is 2.87. The summed E-state index contributed by atoms with van der Waals surface area (Å²) < 4.78 is 0. The molecule has 2 rings (SSSR count). The first-order valence-corrected chi connectivity index (χ1v) is 7.60. The largest absolute Gasteiger partial charge is 0.339 e. The molecule has 6 heteroatoms. The molecule has 0 heterocycles. The molecule has 0 spiro atoms. The van der Waals surface area contributed by atoms with Gasteiger partial charge >= 0.3 is 5.69 Å². The first kappa shape index (κ1) is 15.8. The Kier molecular flexibility index (Phi) is 5.17. The number of nitrogens with zero attached hydrogens (tertiary/aromatic N) is 2. The number of hydrogen-bond donors (Lipinski definition) is 0. The van der Waals surface area contributed by atoms with Gasteiger partial charge in [0.1, 0.15) is 10.6 Å². The van der Waals surface area contributed by atoms with E-state index in [9.17, 15) is 14.9 Å². The summed E-state index contributed by atoms with van der Waals surface area (Å²) in [6.45, 7) is 0. The zero-order valence-electron chi connectivity index (χ0n) is 12.0. The lowest BCUT2D eigenvalue weighted by atomic mass is 10.1. The van der Waals surface area contributed by atoms with Gasteiger partial charge in [0.2, 0.25) is 0 Å². The normalized spacial score (nSPS) is 16.3. The Balaban J connectivity index is 2.27. The first-order valence-electron chi connectivity index (χ1n) is 7.22. The van der Waals surface area contributed by atoms with Crippen molar-refractivity contribution in [2.24, 2.45) is 0 Å². The van der Waals surface area contributed by atoms with Crippen LogP contribution in [0.25, 0.3) is 0 Å². The van der Waals surface area contributed by atoms with Crippen LogP contribution in [0.2, 0.25) is 5.02 Å². The van der Waals surface area contributed by atoms with Gasteiger partial charge in [-0.1, -0.05) is 43.4 Å². The number of para-hydroxylation sites is 1. The molecule has 0 saturated heterocycles. The van der Waals surface area contributed by atoms with Crippen LogP contribution in [0.15, 0.2) is 18.2 Å². The zero-order chi connectivity index (χ0) is 15.4. The van der Waals surface area contributed by atoms with Crippen molar-refractivity contribution < 1.29 is 9.72 Å². The summed E-state index contributed by atoms with van der Waals surface area (Å²) in [4.78, 5) is 24.8. The fourth-order valence-corrected chi connectivity index (χ4v) is 3.12. The Hall–Kier alpha value is -1.62. The molecule has 0 radical (unpaired) electrons. The summed E-state index contributed by atoms with van der Waals surface area (Å²) in [7, 11) is 1.73. The highest BCUT2D eigenvalue weighted by Gasteiger charge is 2.29. The van der Waals surface area contributed by atoms with Crippen molar-refractivity contribution in [3.8, 4) is 0 Å². The average molecular weight is 311 g/mol. The third kappa shape index (κ3) is 3.53. The topological polar surface area (TPSA) is 63.5 Å². The Morgan fingerprint density at radius 1 is 1.29 bits per heavy atom. The lowest BCUT2D eigenvalue weighted by Crippen LogP contribution is -2.37. The number of carbonyl (C=O) groups is 1. The van der Waals surface area contributed by atoms with Gasteiger partial charge in [-0.2, -0.15) is 0 Å². The summed E-state index contributed by atoms with van der Waals surface area (Å²) in [5.41, 5.74) is -0.233. The molecule has 114 valence electrons. The number of nitro groups is 1. The van der Waals surface area contributed by atoms with E-state index < -0.39 is 4.92 Å². The molecule has 0 aliphatic heterocycles. The minimum Gasteiger partial charge on any atom is -0.339 e. The number of nitro benzene ring substituents is 1. The van der Waals surface area contributed by atoms with E-state index in [1.165, 1.54) is 25.0 Å². The van der Waals surface area contributed by atoms with Gasteiger partial charge in [-0.25, -0.2) is 0 Å². The standard InChI is InChI=1S/C15H19ClN2O3/c1-17(11-7-4-2-3-5-8-11)15(19)12-9-6-10-13(16)14(12)18(20)21/h6,9-11H,2-5,7-8H2,1H3. The highest BCUT2D eigenvalue weighted by Crippen LogP contribution is 2.30. The van der Waals surface area contributed by atoms with Gasteiger partial charge in [0.25, 0.3) is 5.91 Å². The van der Waals surface area contributed by atoms with Crippen LogP contribution in [0.5, 0.6) is 0 Å². The summed E-state index contributed by atoms with van der Waals surface area (Å²) in [6.07, 6.45) is 6.48. The van der Waals surface area contributed by atoms with E-state index in [2.05, 4.69) is 0 Å². The van der Waals surface area contributed by atoms with Crippen molar-refractivity contribution in [2.45, 2.75) is 44.6 Å². The second-order valence-electron chi connectivity index (χ2n) is 5.45. The van der Waals surface area contributed by atoms with Crippen molar-refractivity contribution in [1.29, 1.82) is 0 Å². The third-order valence-corrected chi connectivity index (χ3v) is 4.40. The van der Waals surface area contributed by atoms with Gasteiger partial charge in [-0.15, -0.1) is 0 Å². The fraction of sp³-hybridized carbons (Fsp3) is 0.533. The Labute approximate surface area is 129 Å². The van der Waals surface area contributed by atoms with Gasteiger partial charge in [-0.3, -0.25) is 14.9 Å². The van der Waals surface area contributed by atoms with Crippen LogP contribution >= 0.6 is 11.6 Å².